The summed E-state index contributed by atoms with van der Waals surface area (Å²) >= 11 is 0. The average molecular weight is 396 g/mol. The van der Waals surface area contributed by atoms with Crippen LogP contribution in [0.15, 0.2) is 84.9 Å². The van der Waals surface area contributed by atoms with Crippen molar-refractivity contribution in [1.82, 2.24) is 0 Å². The third kappa shape index (κ3) is 2.97. The van der Waals surface area contributed by atoms with Gasteiger partial charge in [0, 0.05) is 0 Å². The van der Waals surface area contributed by atoms with Gasteiger partial charge in [-0.25, -0.2) is 4.90 Å². The van der Waals surface area contributed by atoms with Crippen molar-refractivity contribution in [2.24, 2.45) is 11.8 Å². The number of aryl methyl sites for hydroxylation is 1. The number of carbonyl (C=O) groups excluding carboxylic acids is 2. The second-order valence-corrected chi connectivity index (χ2v) is 8.46. The third-order valence-electron chi connectivity index (χ3n) is 6.87. The van der Waals surface area contributed by atoms with Gasteiger partial charge in [-0.1, -0.05) is 78.9 Å². The van der Waals surface area contributed by atoms with E-state index in [4.69, 9.17) is 0 Å². The van der Waals surface area contributed by atoms with Crippen LogP contribution in [0.25, 0.3) is 0 Å². The molecular weight excluding hydrogens is 370 g/mol. The Kier molecular flexibility index (Phi) is 4.74. The van der Waals surface area contributed by atoms with Crippen LogP contribution in [0.2, 0.25) is 0 Å². The molecule has 150 valence electrons. The number of hydrogen-bond donors (Lipinski definition) is 0. The van der Waals surface area contributed by atoms with E-state index in [9.17, 15) is 9.59 Å². The predicted molar refractivity (Wildman–Crippen MR) is 118 cm³/mol. The topological polar surface area (TPSA) is 37.4 Å². The highest BCUT2D eigenvalue weighted by Crippen LogP contribution is 2.53. The van der Waals surface area contributed by atoms with E-state index >= 15 is 0 Å². The minimum absolute atomic E-state index is 0.0474. The van der Waals surface area contributed by atoms with E-state index in [0.29, 0.717) is 0 Å². The van der Waals surface area contributed by atoms with Crippen LogP contribution in [0.1, 0.15) is 41.4 Å². The Hall–Kier alpha value is -3.20. The van der Waals surface area contributed by atoms with E-state index in [1.165, 1.54) is 4.90 Å². The van der Waals surface area contributed by atoms with Crippen LogP contribution in [0.3, 0.4) is 0 Å². The number of para-hydroxylation sites is 1. The van der Waals surface area contributed by atoms with Crippen LogP contribution in [0.5, 0.6) is 0 Å². The summed E-state index contributed by atoms with van der Waals surface area (Å²) in [7, 11) is 0. The molecule has 30 heavy (non-hydrogen) atoms. The number of nitrogens with zero attached hydrogens (tertiary/aromatic N) is 1. The van der Waals surface area contributed by atoms with Crippen molar-refractivity contribution in [3.05, 3.63) is 102 Å². The molecule has 1 heterocycles. The zero-order valence-corrected chi connectivity index (χ0v) is 17.1. The Labute approximate surface area is 177 Å². The molecule has 2 aliphatic rings. The van der Waals surface area contributed by atoms with Gasteiger partial charge in [0.25, 0.3) is 0 Å². The number of carbonyl (C=O) groups is 2. The second kappa shape index (κ2) is 7.56. The Morgan fingerprint density at radius 2 is 1.07 bits per heavy atom. The summed E-state index contributed by atoms with van der Waals surface area (Å²) in [5, 5.41) is 0. The monoisotopic (exact) mass is 395 g/mol. The van der Waals surface area contributed by atoms with Gasteiger partial charge in [0.2, 0.25) is 11.8 Å². The van der Waals surface area contributed by atoms with Gasteiger partial charge >= 0.3 is 0 Å². The molecule has 1 saturated carbocycles. The zero-order chi connectivity index (χ0) is 20.7. The van der Waals surface area contributed by atoms with Crippen LogP contribution >= 0.6 is 0 Å². The Morgan fingerprint density at radius 1 is 0.633 bits per heavy atom. The highest BCUT2D eigenvalue weighted by molar-refractivity contribution is 6.23. The van der Waals surface area contributed by atoms with Gasteiger partial charge in [0.15, 0.2) is 0 Å². The standard InChI is InChI=1S/C27H25NO2/c1-18-10-8-9-15-23(18)28-26(29)24-21(19-11-4-2-5-12-19)16-17-22(25(24)27(28)30)20-13-6-3-7-14-20/h2-15,21-22,24-25H,16-17H2,1H3/t21-,22-,24-,25+/m0/s1. The molecule has 0 unspecified atom stereocenters. The summed E-state index contributed by atoms with van der Waals surface area (Å²) in [6.45, 7) is 1.96. The van der Waals surface area contributed by atoms with Gasteiger partial charge < -0.3 is 0 Å². The second-order valence-electron chi connectivity index (χ2n) is 8.46. The molecule has 3 aromatic rings. The lowest BCUT2D eigenvalue weighted by atomic mass is 9.64. The molecule has 4 atom stereocenters. The fourth-order valence-electron chi connectivity index (χ4n) is 5.48. The smallest absolute Gasteiger partial charge is 0.238 e. The molecule has 2 amide bonds. The largest absolute Gasteiger partial charge is 0.274 e. The quantitative estimate of drug-likeness (QED) is 0.552. The van der Waals surface area contributed by atoms with Gasteiger partial charge in [-0.3, -0.25) is 9.59 Å². The molecule has 1 aliphatic heterocycles. The van der Waals surface area contributed by atoms with E-state index in [1.807, 2.05) is 67.6 Å². The first-order valence-corrected chi connectivity index (χ1v) is 10.7. The first kappa shape index (κ1) is 18.8. The average Bonchev–Trinajstić information content (AvgIpc) is 3.06. The Bertz CT molecular complexity index is 1010. The molecule has 1 aliphatic carbocycles. The number of imide groups is 1. The molecule has 3 heteroatoms. The molecule has 3 aromatic carbocycles. The van der Waals surface area contributed by atoms with Crippen molar-refractivity contribution in [2.45, 2.75) is 31.6 Å². The maximum absolute atomic E-state index is 13.8. The van der Waals surface area contributed by atoms with Crippen molar-refractivity contribution in [2.75, 3.05) is 4.90 Å². The number of hydrogen-bond acceptors (Lipinski definition) is 2. The van der Waals surface area contributed by atoms with Crippen molar-refractivity contribution in [1.29, 1.82) is 0 Å². The highest BCUT2D eigenvalue weighted by atomic mass is 16.2. The molecule has 0 bridgehead atoms. The molecule has 1 saturated heterocycles. The molecule has 0 N–H and O–H groups in total. The van der Waals surface area contributed by atoms with Crippen molar-refractivity contribution in [3.63, 3.8) is 0 Å². The minimum Gasteiger partial charge on any atom is -0.274 e. The van der Waals surface area contributed by atoms with Gasteiger partial charge in [0.1, 0.15) is 0 Å². The number of benzene rings is 3. The molecule has 3 nitrogen and oxygen atoms in total. The summed E-state index contributed by atoms with van der Waals surface area (Å²) in [6, 6.07) is 28.2. The van der Waals surface area contributed by atoms with Crippen molar-refractivity contribution in [3.8, 4) is 0 Å². The Balaban J connectivity index is 1.62. The fourth-order valence-corrected chi connectivity index (χ4v) is 5.48. The lowest BCUT2D eigenvalue weighted by Gasteiger charge is -2.37. The maximum atomic E-state index is 13.8. The summed E-state index contributed by atoms with van der Waals surface area (Å²) in [5.74, 6) is -0.595. The minimum atomic E-state index is -0.321. The van der Waals surface area contributed by atoms with E-state index in [1.54, 1.807) is 0 Å². The maximum Gasteiger partial charge on any atom is 0.238 e. The third-order valence-corrected chi connectivity index (χ3v) is 6.87. The van der Waals surface area contributed by atoms with E-state index < -0.39 is 0 Å². The lowest BCUT2D eigenvalue weighted by Crippen LogP contribution is -2.34. The number of fused-ring (bicyclic) bond motifs is 1. The normalized spacial score (nSPS) is 26.0. The first-order valence-electron chi connectivity index (χ1n) is 10.7. The molecule has 2 fully saturated rings. The van der Waals surface area contributed by atoms with Gasteiger partial charge in [-0.2, -0.15) is 0 Å². The lowest BCUT2D eigenvalue weighted by molar-refractivity contribution is -0.122. The number of amides is 2. The molecule has 0 aromatic heterocycles. The summed E-state index contributed by atoms with van der Waals surface area (Å²) in [4.78, 5) is 29.0. The van der Waals surface area contributed by atoms with E-state index in [0.717, 1.165) is 35.2 Å². The number of rotatable bonds is 3. The fraction of sp³-hybridized carbons (Fsp3) is 0.259. The van der Waals surface area contributed by atoms with Gasteiger partial charge in [0.05, 0.1) is 17.5 Å². The predicted octanol–water partition coefficient (Wildman–Crippen LogP) is 5.46. The van der Waals surface area contributed by atoms with Crippen LogP contribution in [-0.4, -0.2) is 11.8 Å². The van der Waals surface area contributed by atoms with Crippen molar-refractivity contribution >= 4 is 17.5 Å². The van der Waals surface area contributed by atoms with Gasteiger partial charge in [-0.15, -0.1) is 0 Å². The molecule has 5 rings (SSSR count). The van der Waals surface area contributed by atoms with Crippen LogP contribution < -0.4 is 4.90 Å². The molecule has 0 radical (unpaired) electrons. The number of anilines is 1. The van der Waals surface area contributed by atoms with Crippen LogP contribution in [0.4, 0.5) is 5.69 Å². The molecular formula is C27H25NO2. The van der Waals surface area contributed by atoms with Crippen molar-refractivity contribution < 1.29 is 9.59 Å². The first-order chi connectivity index (χ1) is 14.7. The zero-order valence-electron chi connectivity index (χ0n) is 17.1. The molecule has 0 spiro atoms. The summed E-state index contributed by atoms with van der Waals surface area (Å²) < 4.78 is 0. The summed E-state index contributed by atoms with van der Waals surface area (Å²) in [5.41, 5.74) is 3.99. The highest BCUT2D eigenvalue weighted by Gasteiger charge is 2.56. The van der Waals surface area contributed by atoms with Crippen LogP contribution in [-0.2, 0) is 9.59 Å². The summed E-state index contributed by atoms with van der Waals surface area (Å²) in [6.07, 6.45) is 1.82. The SMILES string of the molecule is Cc1ccccc1N1C(=O)[C@@H]2[C@H](C1=O)[C@H](c1ccccc1)CC[C@H]2c1ccccc1. The van der Waals surface area contributed by atoms with Crippen LogP contribution in [0, 0.1) is 18.8 Å². The van der Waals surface area contributed by atoms with Gasteiger partial charge in [-0.05, 0) is 54.4 Å². The van der Waals surface area contributed by atoms with E-state index in [-0.39, 0.29) is 35.5 Å². The Morgan fingerprint density at radius 3 is 1.53 bits per heavy atom. The van der Waals surface area contributed by atoms with E-state index in [2.05, 4.69) is 24.3 Å².